The Bertz CT molecular complexity index is 751. The minimum atomic E-state index is -0.220. The van der Waals surface area contributed by atoms with E-state index in [0.29, 0.717) is 5.56 Å². The third kappa shape index (κ3) is 2.60. The Balaban J connectivity index is 1.81. The van der Waals surface area contributed by atoms with Crippen LogP contribution < -0.4 is 5.32 Å². The second kappa shape index (κ2) is 5.64. The first kappa shape index (κ1) is 14.3. The molecule has 112 valence electrons. The van der Waals surface area contributed by atoms with Gasteiger partial charge in [0.1, 0.15) is 0 Å². The van der Waals surface area contributed by atoms with Gasteiger partial charge in [0.2, 0.25) is 5.91 Å². The maximum absolute atomic E-state index is 12.2. The summed E-state index contributed by atoms with van der Waals surface area (Å²) in [4.78, 5) is 25.2. The van der Waals surface area contributed by atoms with Crippen molar-refractivity contribution in [3.8, 4) is 11.1 Å². The first-order valence-electron chi connectivity index (χ1n) is 7.26. The predicted octanol–water partition coefficient (Wildman–Crippen LogP) is 2.08. The normalized spacial score (nSPS) is 11.5. The number of hydrogen-bond acceptors (Lipinski definition) is 2. The Kier molecular flexibility index (Phi) is 3.67. The zero-order chi connectivity index (χ0) is 15.7. The molecule has 0 aliphatic heterocycles. The fourth-order valence-corrected chi connectivity index (χ4v) is 2.68. The molecule has 4 heteroatoms. The van der Waals surface area contributed by atoms with Crippen molar-refractivity contribution in [2.45, 2.75) is 6.42 Å². The lowest BCUT2D eigenvalue weighted by Crippen LogP contribution is -2.36. The van der Waals surface area contributed by atoms with Crippen LogP contribution in [-0.2, 0) is 11.2 Å². The lowest BCUT2D eigenvalue weighted by atomic mass is 10.0. The molecular weight excluding hydrogens is 276 g/mol. The molecule has 0 atom stereocenters. The summed E-state index contributed by atoms with van der Waals surface area (Å²) in [7, 11) is 3.33. The van der Waals surface area contributed by atoms with Crippen LogP contribution in [0.4, 0.5) is 0 Å². The Hall–Kier alpha value is -2.62. The maximum atomic E-state index is 12.2. The fraction of sp³-hybridized carbons (Fsp3) is 0.222. The molecule has 2 amide bonds. The smallest absolute Gasteiger partial charge is 0.251 e. The zero-order valence-electron chi connectivity index (χ0n) is 12.7. The quantitative estimate of drug-likeness (QED) is 0.804. The van der Waals surface area contributed by atoms with Gasteiger partial charge in [-0.2, -0.15) is 0 Å². The Morgan fingerprint density at radius 1 is 1.05 bits per heavy atom. The Labute approximate surface area is 129 Å². The molecule has 3 rings (SSSR count). The number of carbonyl (C=O) groups is 2. The number of rotatable bonds is 3. The molecule has 1 aliphatic carbocycles. The molecule has 0 radical (unpaired) electrons. The van der Waals surface area contributed by atoms with E-state index in [0.717, 1.165) is 12.0 Å². The number of likely N-dealkylation sites (N-methyl/N-ethyl adjacent to an activating group) is 1. The lowest BCUT2D eigenvalue weighted by molar-refractivity contribution is -0.127. The maximum Gasteiger partial charge on any atom is 0.251 e. The SMILES string of the molecule is CN(C)C(=O)CNC(=O)c1ccc2c(c1)-c1ccccc1C2. The van der Waals surface area contributed by atoms with Gasteiger partial charge in [-0.15, -0.1) is 0 Å². The number of nitrogens with one attached hydrogen (secondary N) is 1. The van der Waals surface area contributed by atoms with E-state index in [1.807, 2.05) is 30.3 Å². The highest BCUT2D eigenvalue weighted by atomic mass is 16.2. The zero-order valence-corrected chi connectivity index (χ0v) is 12.7. The molecule has 1 N–H and O–H groups in total. The average molecular weight is 294 g/mol. The number of fused-ring (bicyclic) bond motifs is 3. The van der Waals surface area contributed by atoms with Gasteiger partial charge >= 0.3 is 0 Å². The molecule has 0 bridgehead atoms. The first-order chi connectivity index (χ1) is 10.6. The summed E-state index contributed by atoms with van der Waals surface area (Å²) < 4.78 is 0. The predicted molar refractivity (Wildman–Crippen MR) is 85.7 cm³/mol. The highest BCUT2D eigenvalue weighted by Gasteiger charge is 2.19. The molecule has 2 aromatic carbocycles. The van der Waals surface area contributed by atoms with E-state index in [4.69, 9.17) is 0 Å². The standard InChI is InChI=1S/C18H18N2O2/c1-20(2)17(21)11-19-18(22)14-8-7-13-9-12-5-3-4-6-15(12)16(13)10-14/h3-8,10H,9,11H2,1-2H3,(H,19,22). The second-order valence-electron chi connectivity index (χ2n) is 5.68. The van der Waals surface area contributed by atoms with E-state index in [1.165, 1.54) is 21.6 Å². The third-order valence-electron chi connectivity index (χ3n) is 3.96. The van der Waals surface area contributed by atoms with Crippen LogP contribution in [0, 0.1) is 0 Å². The van der Waals surface area contributed by atoms with Crippen molar-refractivity contribution in [2.75, 3.05) is 20.6 Å². The molecule has 0 aromatic heterocycles. The summed E-state index contributed by atoms with van der Waals surface area (Å²) >= 11 is 0. The summed E-state index contributed by atoms with van der Waals surface area (Å²) in [5.41, 5.74) is 5.42. The number of benzene rings is 2. The average Bonchev–Trinajstić information content (AvgIpc) is 2.89. The van der Waals surface area contributed by atoms with Crippen molar-refractivity contribution in [1.82, 2.24) is 10.2 Å². The van der Waals surface area contributed by atoms with E-state index in [1.54, 1.807) is 14.1 Å². The highest BCUT2D eigenvalue weighted by Crippen LogP contribution is 2.36. The van der Waals surface area contributed by atoms with Crippen LogP contribution in [0.2, 0.25) is 0 Å². The second-order valence-corrected chi connectivity index (χ2v) is 5.68. The van der Waals surface area contributed by atoms with Gasteiger partial charge in [-0.25, -0.2) is 0 Å². The monoisotopic (exact) mass is 294 g/mol. The van der Waals surface area contributed by atoms with E-state index in [9.17, 15) is 9.59 Å². The van der Waals surface area contributed by atoms with Gasteiger partial charge in [0.25, 0.3) is 5.91 Å². The van der Waals surface area contributed by atoms with Crippen molar-refractivity contribution in [3.05, 3.63) is 59.2 Å². The van der Waals surface area contributed by atoms with Crippen LogP contribution in [0.25, 0.3) is 11.1 Å². The molecule has 1 aliphatic rings. The summed E-state index contributed by atoms with van der Waals surface area (Å²) in [6.45, 7) is 0.0134. The molecular formula is C18H18N2O2. The van der Waals surface area contributed by atoms with Gasteiger partial charge in [0.15, 0.2) is 0 Å². The largest absolute Gasteiger partial charge is 0.347 e. The molecule has 22 heavy (non-hydrogen) atoms. The third-order valence-corrected chi connectivity index (χ3v) is 3.96. The molecule has 0 fully saturated rings. The molecule has 2 aromatic rings. The van der Waals surface area contributed by atoms with Gasteiger partial charge in [0.05, 0.1) is 6.54 Å². The summed E-state index contributed by atoms with van der Waals surface area (Å²) in [6.07, 6.45) is 0.909. The molecule has 0 saturated heterocycles. The number of hydrogen-bond donors (Lipinski definition) is 1. The Morgan fingerprint density at radius 2 is 1.77 bits per heavy atom. The van der Waals surface area contributed by atoms with E-state index in [-0.39, 0.29) is 18.4 Å². The van der Waals surface area contributed by atoms with Crippen LogP contribution >= 0.6 is 0 Å². The molecule has 0 saturated carbocycles. The molecule has 0 heterocycles. The van der Waals surface area contributed by atoms with Gasteiger partial charge < -0.3 is 10.2 Å². The number of carbonyl (C=O) groups excluding carboxylic acids is 2. The molecule has 0 spiro atoms. The minimum Gasteiger partial charge on any atom is -0.347 e. The van der Waals surface area contributed by atoms with Gasteiger partial charge in [0, 0.05) is 19.7 Å². The fourth-order valence-electron chi connectivity index (χ4n) is 2.68. The van der Waals surface area contributed by atoms with Crippen LogP contribution in [0.15, 0.2) is 42.5 Å². The van der Waals surface area contributed by atoms with Crippen LogP contribution in [-0.4, -0.2) is 37.4 Å². The van der Waals surface area contributed by atoms with Gasteiger partial charge in [-0.1, -0.05) is 30.3 Å². The van der Waals surface area contributed by atoms with Crippen molar-refractivity contribution in [3.63, 3.8) is 0 Å². The topological polar surface area (TPSA) is 49.4 Å². The molecule has 0 unspecified atom stereocenters. The van der Waals surface area contributed by atoms with Crippen LogP contribution in [0.1, 0.15) is 21.5 Å². The molecule has 4 nitrogen and oxygen atoms in total. The highest BCUT2D eigenvalue weighted by molar-refractivity contribution is 5.98. The van der Waals surface area contributed by atoms with Crippen molar-refractivity contribution in [1.29, 1.82) is 0 Å². The minimum absolute atomic E-state index is 0.0134. The van der Waals surface area contributed by atoms with E-state index >= 15 is 0 Å². The van der Waals surface area contributed by atoms with Crippen molar-refractivity contribution >= 4 is 11.8 Å². The summed E-state index contributed by atoms with van der Waals surface area (Å²) in [5, 5.41) is 2.67. The number of nitrogens with zero attached hydrogens (tertiary/aromatic N) is 1. The van der Waals surface area contributed by atoms with E-state index < -0.39 is 0 Å². The van der Waals surface area contributed by atoms with E-state index in [2.05, 4.69) is 17.4 Å². The lowest BCUT2D eigenvalue weighted by Gasteiger charge is -2.11. The van der Waals surface area contributed by atoms with Crippen LogP contribution in [0.5, 0.6) is 0 Å². The Morgan fingerprint density at radius 3 is 2.55 bits per heavy atom. The first-order valence-corrected chi connectivity index (χ1v) is 7.26. The van der Waals surface area contributed by atoms with Crippen molar-refractivity contribution < 1.29 is 9.59 Å². The summed E-state index contributed by atoms with van der Waals surface area (Å²) in [5.74, 6) is -0.345. The number of amides is 2. The van der Waals surface area contributed by atoms with Gasteiger partial charge in [-0.05, 0) is 40.8 Å². The van der Waals surface area contributed by atoms with Gasteiger partial charge in [-0.3, -0.25) is 9.59 Å². The van der Waals surface area contributed by atoms with Crippen molar-refractivity contribution in [2.24, 2.45) is 0 Å². The van der Waals surface area contributed by atoms with Crippen LogP contribution in [0.3, 0.4) is 0 Å². The summed E-state index contributed by atoms with van der Waals surface area (Å²) in [6, 6.07) is 14.0.